The Morgan fingerprint density at radius 1 is 1.03 bits per heavy atom. The highest BCUT2D eigenvalue weighted by molar-refractivity contribution is 6.31. The number of para-hydroxylation sites is 2. The fraction of sp³-hybridized carbons (Fsp3) is 0.130. The Bertz CT molecular complexity index is 1200. The van der Waals surface area contributed by atoms with E-state index < -0.39 is 0 Å². The molecule has 0 aliphatic carbocycles. The summed E-state index contributed by atoms with van der Waals surface area (Å²) in [7, 11) is 0. The monoisotopic (exact) mass is 441 g/mol. The Balaban J connectivity index is 1.57. The predicted molar refractivity (Wildman–Crippen MR) is 118 cm³/mol. The van der Waals surface area contributed by atoms with Crippen molar-refractivity contribution in [3.63, 3.8) is 0 Å². The number of carbonyl (C=O) groups excluding carboxylic acids is 1. The van der Waals surface area contributed by atoms with Crippen molar-refractivity contribution in [3.8, 4) is 0 Å². The van der Waals surface area contributed by atoms with Crippen molar-refractivity contribution < 1.29 is 9.18 Å². The molecule has 7 heteroatoms. The van der Waals surface area contributed by atoms with E-state index in [1.54, 1.807) is 36.4 Å². The van der Waals surface area contributed by atoms with Crippen LogP contribution in [0.25, 0.3) is 11.0 Å². The van der Waals surface area contributed by atoms with Gasteiger partial charge in [-0.3, -0.25) is 4.79 Å². The first-order chi connectivity index (χ1) is 14.5. The van der Waals surface area contributed by atoms with E-state index in [0.29, 0.717) is 34.1 Å². The molecular weight excluding hydrogens is 424 g/mol. The van der Waals surface area contributed by atoms with Crippen LogP contribution in [0.1, 0.15) is 21.7 Å². The van der Waals surface area contributed by atoms with Crippen molar-refractivity contribution in [1.29, 1.82) is 0 Å². The summed E-state index contributed by atoms with van der Waals surface area (Å²) in [6.07, 6.45) is 0.479. The van der Waals surface area contributed by atoms with Crippen molar-refractivity contribution in [2.24, 2.45) is 0 Å². The zero-order valence-electron chi connectivity index (χ0n) is 15.9. The van der Waals surface area contributed by atoms with Crippen molar-refractivity contribution in [2.75, 3.05) is 6.54 Å². The van der Waals surface area contributed by atoms with Crippen molar-refractivity contribution >= 4 is 40.1 Å². The summed E-state index contributed by atoms with van der Waals surface area (Å²) in [6.45, 7) is 0.628. The molecule has 0 saturated carbocycles. The largest absolute Gasteiger partial charge is 0.352 e. The molecule has 0 aliphatic rings. The lowest BCUT2D eigenvalue weighted by atomic mass is 10.2. The number of nitrogens with one attached hydrogen (secondary N) is 1. The summed E-state index contributed by atoms with van der Waals surface area (Å²) < 4.78 is 16.3. The smallest absolute Gasteiger partial charge is 0.251 e. The maximum Gasteiger partial charge on any atom is 0.251 e. The highest BCUT2D eigenvalue weighted by Crippen LogP contribution is 2.24. The summed E-state index contributed by atoms with van der Waals surface area (Å²) in [6, 6.07) is 19.1. The zero-order valence-corrected chi connectivity index (χ0v) is 17.4. The molecule has 0 saturated heterocycles. The Labute approximate surface area is 183 Å². The molecule has 0 bridgehead atoms. The second kappa shape index (κ2) is 8.86. The second-order valence-corrected chi connectivity index (χ2v) is 7.66. The minimum atomic E-state index is -0.361. The SMILES string of the molecule is O=C(NCCc1nc2ccccc2n1Cc1c(F)cccc1Cl)c1cccc(Cl)c1. The van der Waals surface area contributed by atoms with Crippen LogP contribution in [0.3, 0.4) is 0 Å². The van der Waals surface area contributed by atoms with E-state index in [1.165, 1.54) is 6.07 Å². The highest BCUT2D eigenvalue weighted by atomic mass is 35.5. The maximum absolute atomic E-state index is 14.4. The quantitative estimate of drug-likeness (QED) is 0.429. The number of aromatic nitrogens is 2. The molecule has 4 rings (SSSR count). The van der Waals surface area contributed by atoms with Crippen LogP contribution in [0.4, 0.5) is 4.39 Å². The third-order valence-electron chi connectivity index (χ3n) is 4.83. The molecule has 4 nitrogen and oxygen atoms in total. The first-order valence-corrected chi connectivity index (χ1v) is 10.2. The number of imidazole rings is 1. The number of benzene rings is 3. The van der Waals surface area contributed by atoms with Gasteiger partial charge in [-0.15, -0.1) is 0 Å². The molecular formula is C23H18Cl2FN3O. The van der Waals surface area contributed by atoms with Gasteiger partial charge in [0.15, 0.2) is 0 Å². The summed E-state index contributed by atoms with van der Waals surface area (Å²) in [5.74, 6) is 0.166. The first kappa shape index (κ1) is 20.4. The Hall–Kier alpha value is -2.89. The summed E-state index contributed by atoms with van der Waals surface area (Å²) in [5.41, 5.74) is 2.59. The van der Waals surface area contributed by atoms with Crippen LogP contribution < -0.4 is 5.32 Å². The molecule has 0 atom stereocenters. The van der Waals surface area contributed by atoms with Crippen LogP contribution in [0.5, 0.6) is 0 Å². The van der Waals surface area contributed by atoms with Gasteiger partial charge in [-0.2, -0.15) is 0 Å². The standard InChI is InChI=1S/C23H18Cl2FN3O/c24-16-6-3-5-15(13-16)23(30)27-12-11-22-28-20-9-1-2-10-21(20)29(22)14-17-18(25)7-4-8-19(17)26/h1-10,13H,11-12,14H2,(H,27,30). The average molecular weight is 442 g/mol. The van der Waals surface area contributed by atoms with Gasteiger partial charge in [-0.25, -0.2) is 9.37 Å². The van der Waals surface area contributed by atoms with Crippen LogP contribution in [-0.2, 0) is 13.0 Å². The van der Waals surface area contributed by atoms with Gasteiger partial charge in [0, 0.05) is 34.1 Å². The molecule has 30 heavy (non-hydrogen) atoms. The van der Waals surface area contributed by atoms with Gasteiger partial charge in [-0.1, -0.05) is 47.5 Å². The highest BCUT2D eigenvalue weighted by Gasteiger charge is 2.15. The first-order valence-electron chi connectivity index (χ1n) is 9.44. The van der Waals surface area contributed by atoms with E-state index in [0.717, 1.165) is 16.9 Å². The van der Waals surface area contributed by atoms with Gasteiger partial charge >= 0.3 is 0 Å². The van der Waals surface area contributed by atoms with Gasteiger partial charge in [0.25, 0.3) is 5.91 Å². The number of hydrogen-bond donors (Lipinski definition) is 1. The Morgan fingerprint density at radius 2 is 1.83 bits per heavy atom. The van der Waals surface area contributed by atoms with Gasteiger partial charge in [0.05, 0.1) is 17.6 Å². The molecule has 1 heterocycles. The molecule has 0 fully saturated rings. The number of fused-ring (bicyclic) bond motifs is 1. The minimum absolute atomic E-state index is 0.211. The lowest BCUT2D eigenvalue weighted by Crippen LogP contribution is -2.26. The number of amides is 1. The van der Waals surface area contributed by atoms with E-state index in [1.807, 2.05) is 28.8 Å². The van der Waals surface area contributed by atoms with Crippen LogP contribution in [-0.4, -0.2) is 22.0 Å². The van der Waals surface area contributed by atoms with E-state index in [-0.39, 0.29) is 18.3 Å². The fourth-order valence-electron chi connectivity index (χ4n) is 3.35. The summed E-state index contributed by atoms with van der Waals surface area (Å²) in [4.78, 5) is 17.0. The van der Waals surface area contributed by atoms with Gasteiger partial charge < -0.3 is 9.88 Å². The Morgan fingerprint density at radius 3 is 2.63 bits per heavy atom. The van der Waals surface area contributed by atoms with Crippen LogP contribution in [0, 0.1) is 5.82 Å². The molecule has 1 N–H and O–H groups in total. The third-order valence-corrected chi connectivity index (χ3v) is 5.42. The van der Waals surface area contributed by atoms with Gasteiger partial charge in [-0.05, 0) is 42.5 Å². The van der Waals surface area contributed by atoms with E-state index in [2.05, 4.69) is 10.3 Å². The van der Waals surface area contributed by atoms with E-state index in [9.17, 15) is 9.18 Å². The molecule has 3 aromatic carbocycles. The average Bonchev–Trinajstić information content (AvgIpc) is 3.08. The van der Waals surface area contributed by atoms with Crippen molar-refractivity contribution in [3.05, 3.63) is 99.5 Å². The number of nitrogens with zero attached hydrogens (tertiary/aromatic N) is 2. The lowest BCUT2D eigenvalue weighted by molar-refractivity contribution is 0.0954. The number of carbonyl (C=O) groups is 1. The molecule has 0 spiro atoms. The summed E-state index contributed by atoms with van der Waals surface area (Å²) in [5, 5.41) is 3.76. The molecule has 1 aromatic heterocycles. The molecule has 0 radical (unpaired) electrons. The zero-order chi connectivity index (χ0) is 21.1. The topological polar surface area (TPSA) is 46.9 Å². The van der Waals surface area contributed by atoms with E-state index >= 15 is 0 Å². The van der Waals surface area contributed by atoms with Crippen molar-refractivity contribution in [1.82, 2.24) is 14.9 Å². The van der Waals surface area contributed by atoms with Crippen LogP contribution in [0.15, 0.2) is 66.7 Å². The molecule has 152 valence electrons. The molecule has 0 unspecified atom stereocenters. The number of rotatable bonds is 6. The van der Waals surface area contributed by atoms with Crippen LogP contribution >= 0.6 is 23.2 Å². The molecule has 1 amide bonds. The van der Waals surface area contributed by atoms with Crippen LogP contribution in [0.2, 0.25) is 10.0 Å². The summed E-state index contributed by atoms with van der Waals surface area (Å²) >= 11 is 12.2. The second-order valence-electron chi connectivity index (χ2n) is 6.82. The lowest BCUT2D eigenvalue weighted by Gasteiger charge is -2.12. The van der Waals surface area contributed by atoms with Crippen molar-refractivity contribution in [2.45, 2.75) is 13.0 Å². The normalized spacial score (nSPS) is 11.0. The number of hydrogen-bond acceptors (Lipinski definition) is 2. The molecule has 4 aromatic rings. The molecule has 0 aliphatic heterocycles. The third kappa shape index (κ3) is 4.32. The minimum Gasteiger partial charge on any atom is -0.352 e. The number of halogens is 3. The fourth-order valence-corrected chi connectivity index (χ4v) is 3.77. The van der Waals surface area contributed by atoms with E-state index in [4.69, 9.17) is 23.2 Å². The Kier molecular flexibility index (Phi) is 6.02. The van der Waals surface area contributed by atoms with Gasteiger partial charge in [0.1, 0.15) is 11.6 Å². The maximum atomic E-state index is 14.4. The van der Waals surface area contributed by atoms with Gasteiger partial charge in [0.2, 0.25) is 0 Å². The predicted octanol–water partition coefficient (Wildman–Crippen LogP) is 5.50.